The molecule has 0 unspecified atom stereocenters. The molecule has 0 bridgehead atoms. The third-order valence-corrected chi connectivity index (χ3v) is 20.0. The lowest BCUT2D eigenvalue weighted by Crippen LogP contribution is -2.02. The first-order chi connectivity index (χ1) is 30.3. The van der Waals surface area contributed by atoms with Crippen LogP contribution in [0.15, 0.2) is 0 Å². The molecule has 0 N–H and O–H groups in total. The predicted octanol–water partition coefficient (Wildman–Crippen LogP) is 23.1. The Bertz CT molecular complexity index is 620. The molecule has 0 saturated carbocycles. The maximum Gasteiger partial charge on any atom is -0.0323 e. The minimum Gasteiger partial charge on any atom is -0.107 e. The zero-order chi connectivity index (χ0) is 44.0. The molecule has 2 heteroatoms. The summed E-state index contributed by atoms with van der Waals surface area (Å²) < 4.78 is 0. The molecule has 0 aromatic heterocycles. The Morgan fingerprint density at radius 3 is 0.393 bits per heavy atom. The Labute approximate surface area is 393 Å². The minimum atomic E-state index is 0.281. The van der Waals surface area contributed by atoms with Crippen molar-refractivity contribution in [3.05, 3.63) is 0 Å². The van der Waals surface area contributed by atoms with Gasteiger partial charge in [-0.25, -0.2) is 0 Å². The summed E-state index contributed by atoms with van der Waals surface area (Å²) in [4.78, 5) is 0. The Morgan fingerprint density at radius 1 is 0.131 bits per heavy atom. The molecule has 0 nitrogen and oxygen atoms in total. The Hall–Kier alpha value is 0.860. The standard InChI is InChI=1S/C59H122P2/c1-5-9-13-17-21-25-29-33-37-41-45-49-54-60(55-50-46-42-38-34-30-26-22-18-14-10-6-2)58-53-59-61(56-51-47-43-39-35-31-27-23-19-15-11-7-3)57-52-48-44-40-36-32-28-24-20-16-12-8-4/h5-59H2,1-4H3. The molecule has 0 heterocycles. The quantitative estimate of drug-likeness (QED) is 0.0422. The van der Waals surface area contributed by atoms with Crippen molar-refractivity contribution in [1.82, 2.24) is 0 Å². The van der Waals surface area contributed by atoms with Crippen LogP contribution in [0.4, 0.5) is 0 Å². The maximum atomic E-state index is 2.34. The van der Waals surface area contributed by atoms with Gasteiger partial charge in [0, 0.05) is 0 Å². The Morgan fingerprint density at radius 2 is 0.246 bits per heavy atom. The van der Waals surface area contributed by atoms with Gasteiger partial charge in [-0.3, -0.25) is 0 Å². The molecule has 0 amide bonds. The first kappa shape index (κ1) is 61.9. The highest BCUT2D eigenvalue weighted by atomic mass is 31.1. The van der Waals surface area contributed by atoms with E-state index in [1.807, 2.05) is 0 Å². The highest BCUT2D eigenvalue weighted by molar-refractivity contribution is 7.58. The lowest BCUT2D eigenvalue weighted by Gasteiger charge is -2.22. The summed E-state index contributed by atoms with van der Waals surface area (Å²) in [5.74, 6) is 0. The zero-order valence-electron chi connectivity index (χ0n) is 43.8. The van der Waals surface area contributed by atoms with Crippen molar-refractivity contribution in [2.45, 2.75) is 342 Å². The van der Waals surface area contributed by atoms with Crippen LogP contribution in [-0.4, -0.2) is 37.0 Å². The third-order valence-electron chi connectivity index (χ3n) is 14.3. The summed E-state index contributed by atoms with van der Waals surface area (Å²) in [6.07, 6.45) is 82.7. The molecule has 0 fully saturated rings. The largest absolute Gasteiger partial charge is 0.107 e. The SMILES string of the molecule is CCCCCCCCCCCCCCP(CCCCCCCCCCCCCC)CCCP(CCCCCCCCCCCCCC)CCCCCCCCCCCCCC. The van der Waals surface area contributed by atoms with Crippen LogP contribution in [0.3, 0.4) is 0 Å². The molecule has 0 radical (unpaired) electrons. The van der Waals surface area contributed by atoms with Gasteiger partial charge in [0.05, 0.1) is 0 Å². The van der Waals surface area contributed by atoms with Crippen molar-refractivity contribution < 1.29 is 0 Å². The van der Waals surface area contributed by atoms with Gasteiger partial charge in [0.1, 0.15) is 0 Å². The van der Waals surface area contributed by atoms with Gasteiger partial charge in [0.15, 0.2) is 0 Å². The molecule has 61 heavy (non-hydrogen) atoms. The monoisotopic (exact) mass is 893 g/mol. The molecular weight excluding hydrogens is 771 g/mol. The van der Waals surface area contributed by atoms with Crippen molar-refractivity contribution in [3.8, 4) is 0 Å². The molecule has 0 saturated heterocycles. The van der Waals surface area contributed by atoms with E-state index in [0.717, 1.165) is 0 Å². The average Bonchev–Trinajstić information content (AvgIpc) is 3.27. The summed E-state index contributed by atoms with van der Waals surface area (Å²) in [7, 11) is 0.562. The van der Waals surface area contributed by atoms with Crippen LogP contribution in [0.2, 0.25) is 0 Å². The zero-order valence-corrected chi connectivity index (χ0v) is 45.6. The fourth-order valence-electron chi connectivity index (χ4n) is 9.89. The molecule has 0 spiro atoms. The molecule has 0 aliphatic rings. The predicted molar refractivity (Wildman–Crippen MR) is 292 cm³/mol. The molecule has 0 aromatic rings. The summed E-state index contributed by atoms with van der Waals surface area (Å²) in [6, 6.07) is 0. The van der Waals surface area contributed by atoms with Gasteiger partial charge in [-0.1, -0.05) is 310 Å². The fraction of sp³-hybridized carbons (Fsp3) is 1.00. The van der Waals surface area contributed by atoms with Crippen molar-refractivity contribution >= 4 is 15.8 Å². The Balaban J connectivity index is 4.70. The Kier molecular flexibility index (Phi) is 57.8. The van der Waals surface area contributed by atoms with E-state index in [9.17, 15) is 0 Å². The van der Waals surface area contributed by atoms with Gasteiger partial charge in [-0.2, -0.15) is 0 Å². The number of rotatable bonds is 56. The van der Waals surface area contributed by atoms with Crippen molar-refractivity contribution in [2.24, 2.45) is 0 Å². The van der Waals surface area contributed by atoms with Crippen LogP contribution in [-0.2, 0) is 0 Å². The highest BCUT2D eigenvalue weighted by Crippen LogP contribution is 2.44. The molecule has 0 aromatic carbocycles. The van der Waals surface area contributed by atoms with Gasteiger partial charge >= 0.3 is 0 Å². The van der Waals surface area contributed by atoms with E-state index in [0.29, 0.717) is 0 Å². The molecule has 0 aliphatic heterocycles. The molecule has 0 aliphatic carbocycles. The normalized spacial score (nSPS) is 11.9. The van der Waals surface area contributed by atoms with Gasteiger partial charge in [-0.05, 0) is 69.1 Å². The van der Waals surface area contributed by atoms with Crippen molar-refractivity contribution in [1.29, 1.82) is 0 Å². The summed E-state index contributed by atoms with van der Waals surface area (Å²) in [5.41, 5.74) is 0. The summed E-state index contributed by atoms with van der Waals surface area (Å²) >= 11 is 0. The van der Waals surface area contributed by atoms with Gasteiger partial charge in [0.2, 0.25) is 0 Å². The van der Waals surface area contributed by atoms with Crippen LogP contribution in [0.25, 0.3) is 0 Å². The second-order valence-corrected chi connectivity index (χ2v) is 26.0. The first-order valence-corrected chi connectivity index (χ1v) is 33.5. The lowest BCUT2D eigenvalue weighted by atomic mass is 10.1. The van der Waals surface area contributed by atoms with E-state index in [-0.39, 0.29) is 15.8 Å². The average molecular weight is 894 g/mol. The van der Waals surface area contributed by atoms with E-state index in [1.165, 1.54) is 283 Å². The first-order valence-electron chi connectivity index (χ1n) is 29.7. The highest BCUT2D eigenvalue weighted by Gasteiger charge is 2.12. The topological polar surface area (TPSA) is 0 Å². The molecular formula is C59H122P2. The molecule has 0 atom stereocenters. The second-order valence-electron chi connectivity index (χ2n) is 20.6. The van der Waals surface area contributed by atoms with Gasteiger partial charge < -0.3 is 0 Å². The maximum absolute atomic E-state index is 2.34. The second kappa shape index (κ2) is 57.0. The molecule has 368 valence electrons. The number of hydrogen-bond donors (Lipinski definition) is 0. The van der Waals surface area contributed by atoms with Gasteiger partial charge in [-0.15, -0.1) is 15.8 Å². The summed E-state index contributed by atoms with van der Waals surface area (Å²) in [5, 5.41) is 0. The van der Waals surface area contributed by atoms with E-state index < -0.39 is 0 Å². The van der Waals surface area contributed by atoms with Crippen LogP contribution in [0.5, 0.6) is 0 Å². The van der Waals surface area contributed by atoms with E-state index in [2.05, 4.69) is 27.7 Å². The van der Waals surface area contributed by atoms with E-state index in [4.69, 9.17) is 0 Å². The van der Waals surface area contributed by atoms with Gasteiger partial charge in [0.25, 0.3) is 0 Å². The van der Waals surface area contributed by atoms with Crippen LogP contribution >= 0.6 is 15.8 Å². The molecule has 0 rings (SSSR count). The van der Waals surface area contributed by atoms with Crippen LogP contribution in [0, 0.1) is 0 Å². The smallest absolute Gasteiger partial charge is 0.0323 e. The third kappa shape index (κ3) is 53.4. The van der Waals surface area contributed by atoms with Crippen molar-refractivity contribution in [3.63, 3.8) is 0 Å². The van der Waals surface area contributed by atoms with E-state index >= 15 is 0 Å². The number of unbranched alkanes of at least 4 members (excludes halogenated alkanes) is 44. The number of hydrogen-bond acceptors (Lipinski definition) is 0. The van der Waals surface area contributed by atoms with E-state index in [1.54, 1.807) is 69.1 Å². The minimum absolute atomic E-state index is 0.281. The fourth-order valence-corrected chi connectivity index (χ4v) is 15.4. The lowest BCUT2D eigenvalue weighted by molar-refractivity contribution is 0.547. The summed E-state index contributed by atoms with van der Waals surface area (Å²) in [6.45, 7) is 9.34. The van der Waals surface area contributed by atoms with Crippen LogP contribution in [0.1, 0.15) is 342 Å². The van der Waals surface area contributed by atoms with Crippen molar-refractivity contribution in [2.75, 3.05) is 37.0 Å². The van der Waals surface area contributed by atoms with Crippen LogP contribution < -0.4 is 0 Å².